The predicted octanol–water partition coefficient (Wildman–Crippen LogP) is 3.62. The molecule has 0 saturated heterocycles. The highest BCUT2D eigenvalue weighted by Gasteiger charge is 2.06. The summed E-state index contributed by atoms with van der Waals surface area (Å²) >= 11 is 5.18. The predicted molar refractivity (Wildman–Crippen MR) is 104 cm³/mol. The summed E-state index contributed by atoms with van der Waals surface area (Å²) in [7, 11) is 1.58. The van der Waals surface area contributed by atoms with Gasteiger partial charge in [-0.2, -0.15) is 0 Å². The Morgan fingerprint density at radius 3 is 2.52 bits per heavy atom. The number of rotatable bonds is 6. The summed E-state index contributed by atoms with van der Waals surface area (Å²) in [5, 5.41) is 5.76. The van der Waals surface area contributed by atoms with Crippen LogP contribution < -0.4 is 20.1 Å². The van der Waals surface area contributed by atoms with Crippen LogP contribution in [-0.2, 0) is 4.79 Å². The van der Waals surface area contributed by atoms with E-state index in [-0.39, 0.29) is 11.0 Å². The number of anilines is 1. The van der Waals surface area contributed by atoms with Crippen molar-refractivity contribution in [3.8, 4) is 11.5 Å². The minimum atomic E-state index is -0.336. The molecule has 130 valence electrons. The Balaban J connectivity index is 1.96. The Morgan fingerprint density at radius 2 is 1.80 bits per heavy atom. The van der Waals surface area contributed by atoms with E-state index in [2.05, 4.69) is 10.6 Å². The SMILES string of the molecule is CCOc1ccccc1NC(=S)NC(=O)/C=C/c1ccccc1OC. The lowest BCUT2D eigenvalue weighted by molar-refractivity contribution is -0.115. The third-order valence-electron chi connectivity index (χ3n) is 3.23. The molecule has 2 aromatic rings. The molecule has 0 aliphatic rings. The molecule has 0 aliphatic carbocycles. The van der Waals surface area contributed by atoms with Crippen molar-refractivity contribution in [1.82, 2.24) is 5.32 Å². The molecule has 6 heteroatoms. The Bertz CT molecular complexity index is 775. The summed E-state index contributed by atoms with van der Waals surface area (Å²) in [5.74, 6) is 1.03. The number of methoxy groups -OCH3 is 1. The summed E-state index contributed by atoms with van der Waals surface area (Å²) in [4.78, 5) is 12.0. The fourth-order valence-electron chi connectivity index (χ4n) is 2.13. The average molecular weight is 356 g/mol. The normalized spacial score (nSPS) is 10.3. The number of carbonyl (C=O) groups is 1. The average Bonchev–Trinajstić information content (AvgIpc) is 2.62. The van der Waals surface area contributed by atoms with Crippen LogP contribution in [0.1, 0.15) is 12.5 Å². The highest BCUT2D eigenvalue weighted by Crippen LogP contribution is 2.23. The fraction of sp³-hybridized carbons (Fsp3) is 0.158. The van der Waals surface area contributed by atoms with Crippen LogP contribution in [0.3, 0.4) is 0 Å². The number of para-hydroxylation sites is 3. The van der Waals surface area contributed by atoms with E-state index in [1.54, 1.807) is 13.2 Å². The van der Waals surface area contributed by atoms with Crippen LogP contribution in [0.5, 0.6) is 11.5 Å². The molecule has 25 heavy (non-hydrogen) atoms. The van der Waals surface area contributed by atoms with Gasteiger partial charge in [0, 0.05) is 11.6 Å². The number of ether oxygens (including phenoxy) is 2. The van der Waals surface area contributed by atoms with Crippen LogP contribution in [-0.4, -0.2) is 24.7 Å². The van der Waals surface area contributed by atoms with Gasteiger partial charge in [0.15, 0.2) is 5.11 Å². The quantitative estimate of drug-likeness (QED) is 0.611. The minimum Gasteiger partial charge on any atom is -0.496 e. The molecule has 0 atom stereocenters. The zero-order valence-corrected chi connectivity index (χ0v) is 14.9. The van der Waals surface area contributed by atoms with Gasteiger partial charge >= 0.3 is 0 Å². The summed E-state index contributed by atoms with van der Waals surface area (Å²) in [5.41, 5.74) is 1.50. The van der Waals surface area contributed by atoms with Crippen LogP contribution in [0.25, 0.3) is 6.08 Å². The van der Waals surface area contributed by atoms with E-state index in [0.717, 1.165) is 5.56 Å². The van der Waals surface area contributed by atoms with Gasteiger partial charge in [0.2, 0.25) is 5.91 Å². The van der Waals surface area contributed by atoms with Crippen molar-refractivity contribution in [3.05, 3.63) is 60.2 Å². The maximum absolute atomic E-state index is 12.0. The van der Waals surface area contributed by atoms with Crippen LogP contribution in [0.4, 0.5) is 5.69 Å². The van der Waals surface area contributed by atoms with Crippen molar-refractivity contribution >= 4 is 35.0 Å². The zero-order chi connectivity index (χ0) is 18.1. The summed E-state index contributed by atoms with van der Waals surface area (Å²) in [6.45, 7) is 2.44. The molecule has 0 fully saturated rings. The minimum absolute atomic E-state index is 0.196. The van der Waals surface area contributed by atoms with Gasteiger partial charge in [-0.15, -0.1) is 0 Å². The van der Waals surface area contributed by atoms with Crippen LogP contribution in [0.2, 0.25) is 0 Å². The van der Waals surface area contributed by atoms with E-state index in [1.165, 1.54) is 6.08 Å². The number of nitrogens with one attached hydrogen (secondary N) is 2. The number of thiocarbonyl (C=S) groups is 1. The number of benzene rings is 2. The molecule has 0 aliphatic heterocycles. The largest absolute Gasteiger partial charge is 0.496 e. The molecule has 0 bridgehead atoms. The Labute approximate surface area is 152 Å². The third kappa shape index (κ3) is 5.61. The van der Waals surface area contributed by atoms with Crippen LogP contribution in [0, 0.1) is 0 Å². The highest BCUT2D eigenvalue weighted by atomic mass is 32.1. The third-order valence-corrected chi connectivity index (χ3v) is 3.43. The van der Waals surface area contributed by atoms with Crippen LogP contribution in [0.15, 0.2) is 54.6 Å². The molecule has 2 N–H and O–H groups in total. The molecule has 5 nitrogen and oxygen atoms in total. The summed E-state index contributed by atoms with van der Waals surface area (Å²) < 4.78 is 10.7. The molecular weight excluding hydrogens is 336 g/mol. The van der Waals surface area contributed by atoms with Gasteiger partial charge in [0.1, 0.15) is 11.5 Å². The van der Waals surface area contributed by atoms with E-state index in [0.29, 0.717) is 23.8 Å². The van der Waals surface area contributed by atoms with Crippen molar-refractivity contribution in [1.29, 1.82) is 0 Å². The number of hydrogen-bond donors (Lipinski definition) is 2. The molecule has 0 aromatic heterocycles. The maximum atomic E-state index is 12.0. The monoisotopic (exact) mass is 356 g/mol. The lowest BCUT2D eigenvalue weighted by Gasteiger charge is -2.12. The first-order valence-corrected chi connectivity index (χ1v) is 8.19. The zero-order valence-electron chi connectivity index (χ0n) is 14.1. The molecule has 2 aromatic carbocycles. The van der Waals surface area contributed by atoms with Crippen molar-refractivity contribution in [2.75, 3.05) is 19.0 Å². The van der Waals surface area contributed by atoms with Crippen LogP contribution >= 0.6 is 12.2 Å². The second-order valence-corrected chi connectivity index (χ2v) is 5.36. The second kappa shape index (κ2) is 9.44. The Hall–Kier alpha value is -2.86. The topological polar surface area (TPSA) is 59.6 Å². The lowest BCUT2D eigenvalue weighted by Crippen LogP contribution is -2.32. The molecule has 0 heterocycles. The molecule has 2 rings (SSSR count). The molecule has 0 saturated carbocycles. The van der Waals surface area contributed by atoms with E-state index >= 15 is 0 Å². The van der Waals surface area contributed by atoms with Gasteiger partial charge in [0.05, 0.1) is 19.4 Å². The first-order valence-electron chi connectivity index (χ1n) is 7.79. The smallest absolute Gasteiger partial charge is 0.250 e. The number of hydrogen-bond acceptors (Lipinski definition) is 4. The Morgan fingerprint density at radius 1 is 1.12 bits per heavy atom. The van der Waals surface area contributed by atoms with Crippen molar-refractivity contribution in [3.63, 3.8) is 0 Å². The summed E-state index contributed by atoms with van der Waals surface area (Å²) in [6, 6.07) is 14.8. The maximum Gasteiger partial charge on any atom is 0.250 e. The van der Waals surface area contributed by atoms with Gasteiger partial charge in [0.25, 0.3) is 0 Å². The van der Waals surface area contributed by atoms with Gasteiger partial charge in [-0.05, 0) is 43.4 Å². The van der Waals surface area contributed by atoms with Gasteiger partial charge in [-0.25, -0.2) is 0 Å². The lowest BCUT2D eigenvalue weighted by atomic mass is 10.2. The van der Waals surface area contributed by atoms with Gasteiger partial charge in [-0.1, -0.05) is 30.3 Å². The van der Waals surface area contributed by atoms with Gasteiger partial charge in [-0.3, -0.25) is 10.1 Å². The van der Waals surface area contributed by atoms with E-state index in [4.69, 9.17) is 21.7 Å². The summed E-state index contributed by atoms with van der Waals surface area (Å²) in [6.07, 6.45) is 3.07. The van der Waals surface area contributed by atoms with Crippen molar-refractivity contribution in [2.45, 2.75) is 6.92 Å². The van der Waals surface area contributed by atoms with Gasteiger partial charge < -0.3 is 14.8 Å². The highest BCUT2D eigenvalue weighted by molar-refractivity contribution is 7.80. The fourth-order valence-corrected chi connectivity index (χ4v) is 2.34. The molecular formula is C19H20N2O3S. The number of amides is 1. The molecule has 0 spiro atoms. The molecule has 1 amide bonds. The van der Waals surface area contributed by atoms with Crippen molar-refractivity contribution in [2.24, 2.45) is 0 Å². The molecule has 0 radical (unpaired) electrons. The standard InChI is InChI=1S/C19H20N2O3S/c1-3-24-17-11-7-5-9-15(17)20-19(25)21-18(22)13-12-14-8-4-6-10-16(14)23-2/h4-13H,3H2,1-2H3,(H2,20,21,22,25)/b13-12+. The number of carbonyl (C=O) groups excluding carboxylic acids is 1. The first-order chi connectivity index (χ1) is 12.1. The Kier molecular flexibility index (Phi) is 6.98. The van der Waals surface area contributed by atoms with E-state index in [9.17, 15) is 4.79 Å². The second-order valence-electron chi connectivity index (χ2n) is 4.95. The molecule has 0 unspecified atom stereocenters. The van der Waals surface area contributed by atoms with E-state index < -0.39 is 0 Å². The first kappa shape index (κ1) is 18.5. The van der Waals surface area contributed by atoms with E-state index in [1.807, 2.05) is 55.5 Å². The van der Waals surface area contributed by atoms with Crippen molar-refractivity contribution < 1.29 is 14.3 Å².